The molecule has 0 spiro atoms. The lowest BCUT2D eigenvalue weighted by atomic mass is 10.2. The Balaban J connectivity index is 1.58. The molecule has 1 aromatic heterocycles. The largest absolute Gasteiger partial charge is 0.331 e. The molecule has 0 unspecified atom stereocenters. The van der Waals surface area contributed by atoms with Crippen LogP contribution in [0.25, 0.3) is 11.0 Å². The third-order valence-corrected chi connectivity index (χ3v) is 3.83. The van der Waals surface area contributed by atoms with E-state index in [1.54, 1.807) is 30.5 Å². The molecule has 2 aromatic carbocycles. The third kappa shape index (κ3) is 4.13. The molecule has 0 saturated heterocycles. The van der Waals surface area contributed by atoms with Crippen molar-refractivity contribution in [2.75, 3.05) is 5.32 Å². The number of rotatable bonds is 5. The van der Waals surface area contributed by atoms with Crippen LogP contribution in [0.1, 0.15) is 18.3 Å². The molecule has 26 heavy (non-hydrogen) atoms. The second kappa shape index (κ2) is 7.60. The molecule has 0 aliphatic rings. The molecular formula is C19H19N5O2. The van der Waals surface area contributed by atoms with Crippen molar-refractivity contribution in [1.82, 2.24) is 15.0 Å². The SMILES string of the molecule is CC(=O)Nc1ccc(/C=N/NC(=O)Cc2nc3ccccc3n2C)cc1. The van der Waals surface area contributed by atoms with Gasteiger partial charge in [-0.3, -0.25) is 9.59 Å². The Hall–Kier alpha value is -3.48. The van der Waals surface area contributed by atoms with Crippen molar-refractivity contribution < 1.29 is 9.59 Å². The molecule has 1 heterocycles. The van der Waals surface area contributed by atoms with Crippen LogP contribution in [0, 0.1) is 0 Å². The predicted molar refractivity (Wildman–Crippen MR) is 101 cm³/mol. The van der Waals surface area contributed by atoms with Crippen LogP contribution >= 0.6 is 0 Å². The number of aryl methyl sites for hydroxylation is 1. The summed E-state index contributed by atoms with van der Waals surface area (Å²) in [5.41, 5.74) is 5.87. The first-order valence-electron chi connectivity index (χ1n) is 8.13. The van der Waals surface area contributed by atoms with Gasteiger partial charge in [0.15, 0.2) is 0 Å². The van der Waals surface area contributed by atoms with E-state index < -0.39 is 0 Å². The number of anilines is 1. The van der Waals surface area contributed by atoms with E-state index in [9.17, 15) is 9.59 Å². The molecule has 7 nitrogen and oxygen atoms in total. The maximum atomic E-state index is 12.1. The Labute approximate surface area is 150 Å². The number of imidazole rings is 1. The Morgan fingerprint density at radius 3 is 2.58 bits per heavy atom. The van der Waals surface area contributed by atoms with Gasteiger partial charge in [-0.05, 0) is 29.8 Å². The number of nitrogens with one attached hydrogen (secondary N) is 2. The average molecular weight is 349 g/mol. The molecule has 2 amide bonds. The number of fused-ring (bicyclic) bond motifs is 1. The quantitative estimate of drug-likeness (QED) is 0.547. The number of para-hydroxylation sites is 2. The molecule has 0 atom stereocenters. The van der Waals surface area contributed by atoms with Crippen LogP contribution in [0.2, 0.25) is 0 Å². The van der Waals surface area contributed by atoms with Gasteiger partial charge >= 0.3 is 0 Å². The van der Waals surface area contributed by atoms with Gasteiger partial charge in [-0.25, -0.2) is 10.4 Å². The topological polar surface area (TPSA) is 88.4 Å². The van der Waals surface area contributed by atoms with E-state index in [-0.39, 0.29) is 18.2 Å². The lowest BCUT2D eigenvalue weighted by molar-refractivity contribution is -0.120. The van der Waals surface area contributed by atoms with Crippen LogP contribution < -0.4 is 10.7 Å². The summed E-state index contributed by atoms with van der Waals surface area (Å²) in [6, 6.07) is 14.9. The first-order chi connectivity index (χ1) is 12.5. The molecule has 7 heteroatoms. The smallest absolute Gasteiger partial charge is 0.247 e. The van der Waals surface area contributed by atoms with Crippen LogP contribution in [0.3, 0.4) is 0 Å². The van der Waals surface area contributed by atoms with Crippen molar-refractivity contribution in [2.24, 2.45) is 12.1 Å². The fourth-order valence-corrected chi connectivity index (χ4v) is 2.57. The van der Waals surface area contributed by atoms with E-state index in [1.165, 1.54) is 6.92 Å². The second-order valence-corrected chi connectivity index (χ2v) is 5.85. The maximum Gasteiger partial charge on any atom is 0.247 e. The highest BCUT2D eigenvalue weighted by Crippen LogP contribution is 2.14. The summed E-state index contributed by atoms with van der Waals surface area (Å²) >= 11 is 0. The van der Waals surface area contributed by atoms with Gasteiger partial charge in [0, 0.05) is 19.7 Å². The summed E-state index contributed by atoms with van der Waals surface area (Å²) in [5, 5.41) is 6.65. The normalized spacial score (nSPS) is 11.0. The molecule has 3 aromatic rings. The molecule has 132 valence electrons. The van der Waals surface area contributed by atoms with Crippen LogP contribution in [-0.4, -0.2) is 27.6 Å². The summed E-state index contributed by atoms with van der Waals surface area (Å²) < 4.78 is 1.90. The number of benzene rings is 2. The van der Waals surface area contributed by atoms with E-state index in [4.69, 9.17) is 0 Å². The summed E-state index contributed by atoms with van der Waals surface area (Å²) in [4.78, 5) is 27.5. The number of nitrogens with zero attached hydrogens (tertiary/aromatic N) is 3. The monoisotopic (exact) mass is 349 g/mol. The van der Waals surface area contributed by atoms with Gasteiger partial charge < -0.3 is 9.88 Å². The van der Waals surface area contributed by atoms with E-state index in [0.29, 0.717) is 11.5 Å². The minimum absolute atomic E-state index is 0.124. The van der Waals surface area contributed by atoms with Crippen molar-refractivity contribution >= 4 is 34.7 Å². The molecule has 0 bridgehead atoms. The van der Waals surface area contributed by atoms with Gasteiger partial charge in [-0.15, -0.1) is 0 Å². The minimum atomic E-state index is -0.241. The standard InChI is InChI=1S/C19H19N5O2/c1-13(25)21-15-9-7-14(8-10-15)12-20-23-19(26)11-18-22-16-5-3-4-6-17(16)24(18)2/h3-10,12H,11H2,1-2H3,(H,21,25)(H,23,26)/b20-12+. The summed E-state index contributed by atoms with van der Waals surface area (Å²) in [5.74, 6) is 0.314. The molecule has 0 fully saturated rings. The van der Waals surface area contributed by atoms with Gasteiger partial charge in [0.1, 0.15) is 5.82 Å². The number of aromatic nitrogens is 2. The fraction of sp³-hybridized carbons (Fsp3) is 0.158. The zero-order chi connectivity index (χ0) is 18.5. The molecule has 3 rings (SSSR count). The van der Waals surface area contributed by atoms with Gasteiger partial charge in [-0.1, -0.05) is 24.3 Å². The highest BCUT2D eigenvalue weighted by atomic mass is 16.2. The lowest BCUT2D eigenvalue weighted by Gasteiger charge is -2.02. The summed E-state index contributed by atoms with van der Waals surface area (Å²) in [7, 11) is 1.89. The van der Waals surface area contributed by atoms with Crippen molar-refractivity contribution in [1.29, 1.82) is 0 Å². The minimum Gasteiger partial charge on any atom is -0.331 e. The Kier molecular flexibility index (Phi) is 5.07. The highest BCUT2D eigenvalue weighted by molar-refractivity contribution is 5.89. The predicted octanol–water partition coefficient (Wildman–Crippen LogP) is 2.22. The Morgan fingerprint density at radius 2 is 1.88 bits per heavy atom. The molecule has 2 N–H and O–H groups in total. The molecule has 0 aliphatic heterocycles. The number of hydrogen-bond acceptors (Lipinski definition) is 4. The highest BCUT2D eigenvalue weighted by Gasteiger charge is 2.10. The van der Waals surface area contributed by atoms with Crippen LogP contribution in [-0.2, 0) is 23.1 Å². The van der Waals surface area contributed by atoms with E-state index in [1.807, 2.05) is 35.9 Å². The lowest BCUT2D eigenvalue weighted by Crippen LogP contribution is -2.21. The van der Waals surface area contributed by atoms with E-state index >= 15 is 0 Å². The van der Waals surface area contributed by atoms with Crippen LogP contribution in [0.15, 0.2) is 53.6 Å². The van der Waals surface area contributed by atoms with Crippen molar-refractivity contribution in [3.05, 3.63) is 59.9 Å². The van der Waals surface area contributed by atoms with Gasteiger partial charge in [-0.2, -0.15) is 5.10 Å². The number of carbonyl (C=O) groups is 2. The Bertz CT molecular complexity index is 973. The summed E-state index contributed by atoms with van der Waals surface area (Å²) in [6.07, 6.45) is 1.69. The zero-order valence-corrected chi connectivity index (χ0v) is 14.6. The number of hydrazone groups is 1. The number of carbonyl (C=O) groups excluding carboxylic acids is 2. The fourth-order valence-electron chi connectivity index (χ4n) is 2.57. The summed E-state index contributed by atoms with van der Waals surface area (Å²) in [6.45, 7) is 1.45. The molecular weight excluding hydrogens is 330 g/mol. The number of hydrogen-bond donors (Lipinski definition) is 2. The first kappa shape index (κ1) is 17.3. The first-order valence-corrected chi connectivity index (χ1v) is 8.13. The van der Waals surface area contributed by atoms with Gasteiger partial charge in [0.05, 0.1) is 23.7 Å². The van der Waals surface area contributed by atoms with Crippen molar-refractivity contribution in [2.45, 2.75) is 13.3 Å². The second-order valence-electron chi connectivity index (χ2n) is 5.85. The molecule has 0 aliphatic carbocycles. The molecule has 0 radical (unpaired) electrons. The van der Waals surface area contributed by atoms with Crippen molar-refractivity contribution in [3.8, 4) is 0 Å². The van der Waals surface area contributed by atoms with Crippen LogP contribution in [0.4, 0.5) is 5.69 Å². The van der Waals surface area contributed by atoms with E-state index in [2.05, 4.69) is 20.8 Å². The third-order valence-electron chi connectivity index (χ3n) is 3.83. The van der Waals surface area contributed by atoms with Gasteiger partial charge in [0.25, 0.3) is 0 Å². The maximum absolute atomic E-state index is 12.1. The number of amides is 2. The van der Waals surface area contributed by atoms with Crippen LogP contribution in [0.5, 0.6) is 0 Å². The van der Waals surface area contributed by atoms with E-state index in [0.717, 1.165) is 16.6 Å². The Morgan fingerprint density at radius 1 is 1.15 bits per heavy atom. The average Bonchev–Trinajstić information content (AvgIpc) is 2.92. The zero-order valence-electron chi connectivity index (χ0n) is 14.6. The van der Waals surface area contributed by atoms with Crippen molar-refractivity contribution in [3.63, 3.8) is 0 Å². The molecule has 0 saturated carbocycles. The van der Waals surface area contributed by atoms with Gasteiger partial charge in [0.2, 0.25) is 11.8 Å².